The number of nitrogens with one attached hydrogen (secondary N) is 1. The fourth-order valence-corrected chi connectivity index (χ4v) is 4.77. The number of rotatable bonds is 7. The molecule has 0 aromatic heterocycles. The lowest BCUT2D eigenvalue weighted by atomic mass is 10.00. The first kappa shape index (κ1) is 23.7. The number of methoxy groups -OCH3 is 3. The lowest BCUT2D eigenvalue weighted by Gasteiger charge is -2.14. The molecule has 7 nitrogen and oxygen atoms in total. The molecule has 0 radical (unpaired) electrons. The number of likely N-dealkylation sites (tertiary alicyclic amines) is 1. The Labute approximate surface area is 200 Å². The molecule has 0 saturated carbocycles. The van der Waals surface area contributed by atoms with E-state index in [4.69, 9.17) is 14.2 Å². The van der Waals surface area contributed by atoms with Crippen LogP contribution in [0.3, 0.4) is 0 Å². The second kappa shape index (κ2) is 9.81. The van der Waals surface area contributed by atoms with E-state index in [1.165, 1.54) is 14.2 Å². The largest absolute Gasteiger partial charge is 0.502 e. The summed E-state index contributed by atoms with van der Waals surface area (Å²) in [6.45, 7) is 3.92. The molecular weight excluding hydrogens is 432 g/mol. The van der Waals surface area contributed by atoms with Gasteiger partial charge in [-0.05, 0) is 90.7 Å². The van der Waals surface area contributed by atoms with E-state index in [9.17, 15) is 9.90 Å². The van der Waals surface area contributed by atoms with Crippen molar-refractivity contribution in [2.45, 2.75) is 25.8 Å². The number of phenolic OH excluding ortho intramolecular Hbond substituents is 1. The van der Waals surface area contributed by atoms with Gasteiger partial charge in [-0.15, -0.1) is 0 Å². The zero-order valence-electron chi connectivity index (χ0n) is 20.4. The van der Waals surface area contributed by atoms with Crippen molar-refractivity contribution >= 4 is 23.1 Å². The van der Waals surface area contributed by atoms with E-state index in [1.807, 2.05) is 31.2 Å². The fourth-order valence-electron chi connectivity index (χ4n) is 4.77. The van der Waals surface area contributed by atoms with Crippen molar-refractivity contribution in [3.05, 3.63) is 52.6 Å². The first-order chi connectivity index (χ1) is 16.3. The Morgan fingerprint density at radius 3 is 2.41 bits per heavy atom. The van der Waals surface area contributed by atoms with E-state index in [-0.39, 0.29) is 17.7 Å². The summed E-state index contributed by atoms with van der Waals surface area (Å²) in [4.78, 5) is 15.2. The molecule has 2 aromatic rings. The molecule has 1 aliphatic carbocycles. The first-order valence-electron chi connectivity index (χ1n) is 11.4. The van der Waals surface area contributed by atoms with E-state index < -0.39 is 0 Å². The molecule has 2 aromatic carbocycles. The Hall–Kier alpha value is -3.45. The van der Waals surface area contributed by atoms with Crippen LogP contribution in [0.5, 0.6) is 23.0 Å². The molecule has 1 amide bonds. The number of ether oxygens (including phenoxy) is 3. The minimum Gasteiger partial charge on any atom is -0.502 e. The van der Waals surface area contributed by atoms with Crippen LogP contribution >= 0.6 is 0 Å². The van der Waals surface area contributed by atoms with Crippen molar-refractivity contribution in [1.29, 1.82) is 0 Å². The van der Waals surface area contributed by atoms with Crippen LogP contribution in [0.25, 0.3) is 17.2 Å². The molecule has 7 heteroatoms. The van der Waals surface area contributed by atoms with Gasteiger partial charge in [-0.1, -0.05) is 6.07 Å². The lowest BCUT2D eigenvalue weighted by molar-refractivity contribution is -0.120. The fraction of sp³-hybridized carbons (Fsp3) is 0.370. The van der Waals surface area contributed by atoms with Crippen molar-refractivity contribution in [3.63, 3.8) is 0 Å². The van der Waals surface area contributed by atoms with Crippen LogP contribution in [0.1, 0.15) is 36.5 Å². The second-order valence-corrected chi connectivity index (χ2v) is 8.84. The average molecular weight is 465 g/mol. The topological polar surface area (TPSA) is 80.3 Å². The molecule has 1 unspecified atom stereocenters. The number of fused-ring (bicyclic) bond motifs is 1. The summed E-state index contributed by atoms with van der Waals surface area (Å²) in [6.07, 6.45) is 3.30. The SMILES string of the molecule is COc1ccc2c(c1)C(CC(=O)NC1CCN(C)C1)=C(C)C2=Cc1cc(OC)c(O)c(OC)c1. The molecule has 1 aliphatic heterocycles. The zero-order chi connectivity index (χ0) is 24.4. The van der Waals surface area contributed by atoms with Crippen molar-refractivity contribution in [3.8, 4) is 23.0 Å². The lowest BCUT2D eigenvalue weighted by Crippen LogP contribution is -2.36. The van der Waals surface area contributed by atoms with Crippen LogP contribution < -0.4 is 19.5 Å². The number of phenols is 1. The van der Waals surface area contributed by atoms with Gasteiger partial charge in [0.05, 0.1) is 27.8 Å². The van der Waals surface area contributed by atoms with E-state index in [2.05, 4.69) is 17.3 Å². The molecule has 1 heterocycles. The van der Waals surface area contributed by atoms with Gasteiger partial charge >= 0.3 is 0 Å². The van der Waals surface area contributed by atoms with Crippen LogP contribution in [0.15, 0.2) is 35.9 Å². The summed E-state index contributed by atoms with van der Waals surface area (Å²) in [5, 5.41) is 13.5. The predicted molar refractivity (Wildman–Crippen MR) is 133 cm³/mol. The molecule has 0 spiro atoms. The summed E-state index contributed by atoms with van der Waals surface area (Å²) in [5.41, 5.74) is 5.89. The highest BCUT2D eigenvalue weighted by atomic mass is 16.5. The van der Waals surface area contributed by atoms with E-state index in [0.717, 1.165) is 58.7 Å². The third kappa shape index (κ3) is 4.61. The molecule has 180 valence electrons. The van der Waals surface area contributed by atoms with Crippen molar-refractivity contribution in [1.82, 2.24) is 10.2 Å². The summed E-state index contributed by atoms with van der Waals surface area (Å²) in [7, 11) is 6.73. The number of hydrogen-bond donors (Lipinski definition) is 2. The van der Waals surface area contributed by atoms with Crippen LogP contribution in [0, 0.1) is 0 Å². The average Bonchev–Trinajstić information content (AvgIpc) is 3.35. The van der Waals surface area contributed by atoms with Crippen molar-refractivity contribution in [2.75, 3.05) is 41.5 Å². The van der Waals surface area contributed by atoms with Crippen LogP contribution in [-0.4, -0.2) is 63.4 Å². The van der Waals surface area contributed by atoms with Crippen LogP contribution in [0.2, 0.25) is 0 Å². The minimum atomic E-state index is -0.0362. The summed E-state index contributed by atoms with van der Waals surface area (Å²) in [5.74, 6) is 1.41. The van der Waals surface area contributed by atoms with Gasteiger partial charge in [0.25, 0.3) is 0 Å². The maximum absolute atomic E-state index is 13.0. The third-order valence-corrected chi connectivity index (χ3v) is 6.61. The Kier molecular flexibility index (Phi) is 6.84. The summed E-state index contributed by atoms with van der Waals surface area (Å²) < 4.78 is 16.1. The summed E-state index contributed by atoms with van der Waals surface area (Å²) in [6, 6.07) is 9.66. The number of likely N-dealkylation sites (N-methyl/N-ethyl adjacent to an activating group) is 1. The van der Waals surface area contributed by atoms with Gasteiger partial charge in [0.1, 0.15) is 5.75 Å². The Balaban J connectivity index is 1.72. The minimum absolute atomic E-state index is 0.0256. The van der Waals surface area contributed by atoms with Crippen molar-refractivity contribution in [2.24, 2.45) is 0 Å². The number of nitrogens with zero attached hydrogens (tertiary/aromatic N) is 1. The molecule has 4 rings (SSSR count). The molecule has 34 heavy (non-hydrogen) atoms. The molecule has 0 bridgehead atoms. The smallest absolute Gasteiger partial charge is 0.224 e. The van der Waals surface area contributed by atoms with E-state index >= 15 is 0 Å². The predicted octanol–water partition coefficient (Wildman–Crippen LogP) is 3.96. The molecule has 2 N–H and O–H groups in total. The molecule has 1 saturated heterocycles. The van der Waals surface area contributed by atoms with Crippen LogP contribution in [-0.2, 0) is 4.79 Å². The van der Waals surface area contributed by atoms with Gasteiger partial charge in [-0.25, -0.2) is 0 Å². The summed E-state index contributed by atoms with van der Waals surface area (Å²) >= 11 is 0. The monoisotopic (exact) mass is 464 g/mol. The highest BCUT2D eigenvalue weighted by molar-refractivity contribution is 6.08. The second-order valence-electron chi connectivity index (χ2n) is 8.84. The van der Waals surface area contributed by atoms with Gasteiger partial charge < -0.3 is 29.5 Å². The number of carbonyl (C=O) groups excluding carboxylic acids is 1. The molecule has 1 fully saturated rings. The molecule has 2 aliphatic rings. The Morgan fingerprint density at radius 2 is 1.82 bits per heavy atom. The number of aromatic hydroxyl groups is 1. The Morgan fingerprint density at radius 1 is 1.12 bits per heavy atom. The number of allylic oxidation sites excluding steroid dienone is 2. The molecule has 1 atom stereocenters. The first-order valence-corrected chi connectivity index (χ1v) is 11.4. The Bertz CT molecular complexity index is 1140. The van der Waals surface area contributed by atoms with E-state index in [1.54, 1.807) is 19.2 Å². The van der Waals surface area contributed by atoms with Gasteiger partial charge in [-0.3, -0.25) is 4.79 Å². The maximum atomic E-state index is 13.0. The van der Waals surface area contributed by atoms with Gasteiger partial charge in [0.15, 0.2) is 11.5 Å². The highest BCUT2D eigenvalue weighted by Crippen LogP contribution is 2.46. The number of benzene rings is 2. The number of carbonyl (C=O) groups is 1. The quantitative estimate of drug-likeness (QED) is 0.646. The number of amides is 1. The van der Waals surface area contributed by atoms with Crippen molar-refractivity contribution < 1.29 is 24.1 Å². The van der Waals surface area contributed by atoms with Gasteiger partial charge in [0, 0.05) is 12.6 Å². The third-order valence-electron chi connectivity index (χ3n) is 6.61. The zero-order valence-corrected chi connectivity index (χ0v) is 20.4. The van der Waals surface area contributed by atoms with Crippen LogP contribution in [0.4, 0.5) is 0 Å². The molecular formula is C27H32N2O5. The highest BCUT2D eigenvalue weighted by Gasteiger charge is 2.28. The number of hydrogen-bond acceptors (Lipinski definition) is 6. The van der Waals surface area contributed by atoms with E-state index in [0.29, 0.717) is 17.9 Å². The van der Waals surface area contributed by atoms with Gasteiger partial charge in [0.2, 0.25) is 11.7 Å². The van der Waals surface area contributed by atoms with Gasteiger partial charge in [-0.2, -0.15) is 0 Å². The normalized spacial score (nSPS) is 18.9. The maximum Gasteiger partial charge on any atom is 0.224 e. The standard InChI is InChI=1S/C27H32N2O5/c1-16-21(10-17-11-24(33-4)27(31)25(12-17)34-5)20-7-6-19(32-3)13-23(20)22(16)14-26(30)28-18-8-9-29(2)15-18/h6-7,10-13,18,31H,8-9,14-15H2,1-5H3,(H,28,30).